The molecule has 2 bridgehead atoms. The second-order valence-corrected chi connectivity index (χ2v) is 7.57. The van der Waals surface area contributed by atoms with E-state index in [1.807, 2.05) is 0 Å². The van der Waals surface area contributed by atoms with Gasteiger partial charge in [0.1, 0.15) is 6.04 Å². The number of fused-ring (bicyclic) bond motifs is 5. The molecule has 4 rings (SSSR count). The summed E-state index contributed by atoms with van der Waals surface area (Å²) >= 11 is 0. The van der Waals surface area contributed by atoms with Crippen molar-refractivity contribution in [3.8, 4) is 0 Å². The lowest BCUT2D eigenvalue weighted by atomic mass is 9.85. The van der Waals surface area contributed by atoms with Gasteiger partial charge in [0.25, 0.3) is 0 Å². The lowest BCUT2D eigenvalue weighted by Gasteiger charge is -2.28. The third-order valence-corrected chi connectivity index (χ3v) is 6.22. The molecule has 124 valence electrons. The number of amides is 3. The summed E-state index contributed by atoms with van der Waals surface area (Å²) in [6.07, 6.45) is 10.6. The highest BCUT2D eigenvalue weighted by Gasteiger charge is 2.60. The summed E-state index contributed by atoms with van der Waals surface area (Å²) in [5.41, 5.74) is 0. The first-order chi connectivity index (χ1) is 11.1. The molecule has 4 aliphatic rings. The second-order valence-electron chi connectivity index (χ2n) is 7.57. The number of likely N-dealkylation sites (tertiary alicyclic amines) is 1. The van der Waals surface area contributed by atoms with Gasteiger partial charge in [0.2, 0.25) is 17.7 Å². The zero-order valence-electron chi connectivity index (χ0n) is 13.5. The Balaban J connectivity index is 1.46. The van der Waals surface area contributed by atoms with Gasteiger partial charge in [-0.05, 0) is 38.0 Å². The number of hydrogen-bond acceptors (Lipinski definition) is 3. The largest absolute Gasteiger partial charge is 0.352 e. The number of nitrogens with zero attached hydrogens (tertiary/aromatic N) is 1. The number of imide groups is 1. The first-order valence-corrected chi connectivity index (χ1v) is 8.93. The average Bonchev–Trinajstić information content (AvgIpc) is 3.22. The minimum absolute atomic E-state index is 0.136. The summed E-state index contributed by atoms with van der Waals surface area (Å²) in [6, 6.07) is -0.495. The van der Waals surface area contributed by atoms with Gasteiger partial charge in [-0.2, -0.15) is 0 Å². The molecule has 5 nitrogen and oxygen atoms in total. The van der Waals surface area contributed by atoms with E-state index in [0.717, 1.165) is 32.1 Å². The molecule has 1 saturated heterocycles. The number of hydrogen-bond donors (Lipinski definition) is 1. The Morgan fingerprint density at radius 1 is 1.09 bits per heavy atom. The first-order valence-electron chi connectivity index (χ1n) is 8.93. The molecule has 3 amide bonds. The summed E-state index contributed by atoms with van der Waals surface area (Å²) in [5, 5.41) is 3.04. The third kappa shape index (κ3) is 2.24. The van der Waals surface area contributed by atoms with Crippen LogP contribution >= 0.6 is 0 Å². The van der Waals surface area contributed by atoms with Crippen LogP contribution in [0.25, 0.3) is 0 Å². The molecule has 0 aromatic rings. The Morgan fingerprint density at radius 2 is 1.65 bits per heavy atom. The molecule has 3 aliphatic carbocycles. The fourth-order valence-electron chi connectivity index (χ4n) is 4.99. The highest BCUT2D eigenvalue weighted by molar-refractivity contribution is 6.09. The molecule has 0 unspecified atom stereocenters. The van der Waals surface area contributed by atoms with Crippen LogP contribution in [0.15, 0.2) is 12.2 Å². The molecule has 1 aliphatic heterocycles. The Labute approximate surface area is 136 Å². The molecule has 1 N–H and O–H groups in total. The second kappa shape index (κ2) is 5.46. The summed E-state index contributed by atoms with van der Waals surface area (Å²) in [7, 11) is 0. The number of carbonyl (C=O) groups is 3. The Hall–Kier alpha value is -1.65. The number of rotatable bonds is 3. The van der Waals surface area contributed by atoms with Gasteiger partial charge in [0, 0.05) is 6.04 Å². The van der Waals surface area contributed by atoms with Crippen molar-refractivity contribution in [3.63, 3.8) is 0 Å². The van der Waals surface area contributed by atoms with Crippen LogP contribution in [-0.4, -0.2) is 34.7 Å². The lowest BCUT2D eigenvalue weighted by molar-refractivity contribution is -0.148. The Morgan fingerprint density at radius 3 is 2.22 bits per heavy atom. The van der Waals surface area contributed by atoms with Crippen LogP contribution in [0.4, 0.5) is 0 Å². The maximum Gasteiger partial charge on any atom is 0.243 e. The quantitative estimate of drug-likeness (QED) is 0.636. The maximum atomic E-state index is 12.7. The van der Waals surface area contributed by atoms with Crippen LogP contribution in [0, 0.1) is 23.7 Å². The maximum absolute atomic E-state index is 12.7. The molecule has 0 spiro atoms. The standard InChI is InChI=1S/C18H24N2O3/c1-10(16(21)19-13-5-3-2-4-6-13)20-17(22)14-11-7-8-12(9-11)15(14)18(20)23/h7-8,10-15H,2-6,9H2,1H3,(H,19,21)/t10-,11-,12-,14-,15+/m1/s1. The van der Waals surface area contributed by atoms with E-state index in [0.29, 0.717) is 0 Å². The van der Waals surface area contributed by atoms with Crippen molar-refractivity contribution >= 4 is 17.7 Å². The van der Waals surface area contributed by atoms with E-state index in [9.17, 15) is 14.4 Å². The van der Waals surface area contributed by atoms with Gasteiger partial charge in [-0.1, -0.05) is 31.4 Å². The Kier molecular flexibility index (Phi) is 3.54. The predicted molar refractivity (Wildman–Crippen MR) is 84.0 cm³/mol. The molecule has 5 heteroatoms. The van der Waals surface area contributed by atoms with Crippen molar-refractivity contribution in [1.29, 1.82) is 0 Å². The van der Waals surface area contributed by atoms with Crippen LogP contribution in [0.1, 0.15) is 45.4 Å². The van der Waals surface area contributed by atoms with E-state index in [-0.39, 0.29) is 47.4 Å². The summed E-state index contributed by atoms with van der Waals surface area (Å²) < 4.78 is 0. The van der Waals surface area contributed by atoms with Crippen molar-refractivity contribution in [1.82, 2.24) is 10.2 Å². The number of carbonyl (C=O) groups excluding carboxylic acids is 3. The monoisotopic (exact) mass is 316 g/mol. The molecule has 0 radical (unpaired) electrons. The van der Waals surface area contributed by atoms with Gasteiger partial charge in [0.05, 0.1) is 11.8 Å². The zero-order valence-corrected chi connectivity index (χ0v) is 13.5. The first kappa shape index (κ1) is 14.9. The van der Waals surface area contributed by atoms with E-state index in [2.05, 4.69) is 17.5 Å². The van der Waals surface area contributed by atoms with Crippen LogP contribution < -0.4 is 5.32 Å². The predicted octanol–water partition coefficient (Wildman–Crippen LogP) is 1.63. The third-order valence-electron chi connectivity index (χ3n) is 6.22. The number of nitrogens with one attached hydrogen (secondary N) is 1. The molecule has 23 heavy (non-hydrogen) atoms. The fraction of sp³-hybridized carbons (Fsp3) is 0.722. The van der Waals surface area contributed by atoms with E-state index in [1.54, 1.807) is 6.92 Å². The van der Waals surface area contributed by atoms with Crippen LogP contribution in [0.5, 0.6) is 0 Å². The smallest absolute Gasteiger partial charge is 0.243 e. The van der Waals surface area contributed by atoms with Crippen molar-refractivity contribution in [2.75, 3.05) is 0 Å². The normalized spacial score (nSPS) is 37.3. The van der Waals surface area contributed by atoms with Crippen molar-refractivity contribution in [3.05, 3.63) is 12.2 Å². The van der Waals surface area contributed by atoms with Gasteiger partial charge < -0.3 is 5.32 Å². The van der Waals surface area contributed by atoms with Crippen molar-refractivity contribution in [2.24, 2.45) is 23.7 Å². The van der Waals surface area contributed by atoms with Gasteiger partial charge in [0.15, 0.2) is 0 Å². The van der Waals surface area contributed by atoms with Gasteiger partial charge in [-0.25, -0.2) is 0 Å². The molecule has 1 heterocycles. The SMILES string of the molecule is C[C@H](C(=O)NC1CCCCC1)N1C(=O)[C@@H]2[C@H](C1=O)[C@@H]1C=C[C@@H]2C1. The minimum atomic E-state index is -0.693. The zero-order chi connectivity index (χ0) is 16.1. The molecule has 0 aromatic carbocycles. The summed E-state index contributed by atoms with van der Waals surface area (Å²) in [5.74, 6) is -0.504. The fourth-order valence-corrected chi connectivity index (χ4v) is 4.99. The molecule has 0 aromatic heterocycles. The minimum Gasteiger partial charge on any atom is -0.352 e. The average molecular weight is 316 g/mol. The highest BCUT2D eigenvalue weighted by atomic mass is 16.2. The van der Waals surface area contributed by atoms with Gasteiger partial charge >= 0.3 is 0 Å². The van der Waals surface area contributed by atoms with E-state index in [1.165, 1.54) is 11.3 Å². The highest BCUT2D eigenvalue weighted by Crippen LogP contribution is 2.52. The van der Waals surface area contributed by atoms with E-state index >= 15 is 0 Å². The molecular weight excluding hydrogens is 292 g/mol. The van der Waals surface area contributed by atoms with E-state index in [4.69, 9.17) is 0 Å². The van der Waals surface area contributed by atoms with Gasteiger partial charge in [-0.15, -0.1) is 0 Å². The molecule has 2 saturated carbocycles. The molecular formula is C18H24N2O3. The lowest BCUT2D eigenvalue weighted by Crippen LogP contribution is -2.51. The summed E-state index contributed by atoms with van der Waals surface area (Å²) in [4.78, 5) is 39.2. The van der Waals surface area contributed by atoms with Crippen molar-refractivity contribution in [2.45, 2.75) is 57.5 Å². The summed E-state index contributed by atoms with van der Waals surface area (Å²) in [6.45, 7) is 1.68. The van der Waals surface area contributed by atoms with E-state index < -0.39 is 6.04 Å². The van der Waals surface area contributed by atoms with Crippen LogP contribution in [0.2, 0.25) is 0 Å². The topological polar surface area (TPSA) is 66.5 Å². The van der Waals surface area contributed by atoms with Crippen molar-refractivity contribution < 1.29 is 14.4 Å². The molecule has 5 atom stereocenters. The van der Waals surface area contributed by atoms with Gasteiger partial charge in [-0.3, -0.25) is 19.3 Å². The van der Waals surface area contributed by atoms with Crippen LogP contribution in [-0.2, 0) is 14.4 Å². The van der Waals surface area contributed by atoms with Crippen LogP contribution in [0.3, 0.4) is 0 Å². The molecule has 3 fully saturated rings. The Bertz CT molecular complexity index is 549. The number of allylic oxidation sites excluding steroid dienone is 2.